The van der Waals surface area contributed by atoms with Gasteiger partial charge in [-0.3, -0.25) is 0 Å². The lowest BCUT2D eigenvalue weighted by Gasteiger charge is -2.16. The average Bonchev–Trinajstić information content (AvgIpc) is 2.44. The number of hydrogen-bond donors (Lipinski definition) is 1. The predicted molar refractivity (Wildman–Crippen MR) is 88.6 cm³/mol. The summed E-state index contributed by atoms with van der Waals surface area (Å²) in [6.45, 7) is 5.12. The van der Waals surface area contributed by atoms with Crippen molar-refractivity contribution >= 4 is 23.2 Å². The zero-order chi connectivity index (χ0) is 15.4. The molecule has 0 heterocycles. The molecule has 4 heteroatoms. The molecule has 112 valence electrons. The quantitative estimate of drug-likeness (QED) is 0.725. The molecule has 0 aliphatic carbocycles. The lowest BCUT2D eigenvalue weighted by atomic mass is 10.0. The highest BCUT2D eigenvalue weighted by Gasteiger charge is 2.12. The maximum atomic E-state index is 14.0. The summed E-state index contributed by atoms with van der Waals surface area (Å²) in [5.74, 6) is -0.344. The van der Waals surface area contributed by atoms with Gasteiger partial charge in [0.1, 0.15) is 5.82 Å². The van der Waals surface area contributed by atoms with Crippen LogP contribution in [0.4, 0.5) is 4.39 Å². The Labute approximate surface area is 135 Å². The van der Waals surface area contributed by atoms with Gasteiger partial charge in [-0.15, -0.1) is 0 Å². The van der Waals surface area contributed by atoms with Gasteiger partial charge in [-0.05, 0) is 55.3 Å². The fourth-order valence-electron chi connectivity index (χ4n) is 2.24. The summed E-state index contributed by atoms with van der Waals surface area (Å²) in [7, 11) is 0. The Balaban J connectivity index is 2.30. The maximum absolute atomic E-state index is 14.0. The molecule has 0 aliphatic rings. The minimum absolute atomic E-state index is 0.168. The largest absolute Gasteiger partial charge is 0.310 e. The second-order valence-corrected chi connectivity index (χ2v) is 5.88. The van der Waals surface area contributed by atoms with Gasteiger partial charge in [0.15, 0.2) is 0 Å². The third-order valence-electron chi connectivity index (χ3n) is 3.41. The third-order valence-corrected chi connectivity index (χ3v) is 3.97. The zero-order valence-corrected chi connectivity index (χ0v) is 13.6. The van der Waals surface area contributed by atoms with Gasteiger partial charge in [-0.2, -0.15) is 0 Å². The Kier molecular flexibility index (Phi) is 5.63. The molecule has 21 heavy (non-hydrogen) atoms. The van der Waals surface area contributed by atoms with E-state index in [0.29, 0.717) is 15.6 Å². The lowest BCUT2D eigenvalue weighted by Crippen LogP contribution is -2.19. The first-order chi connectivity index (χ1) is 10.0. The minimum atomic E-state index is -0.344. The van der Waals surface area contributed by atoms with E-state index in [1.54, 1.807) is 18.2 Å². The van der Waals surface area contributed by atoms with E-state index in [-0.39, 0.29) is 11.9 Å². The molecular formula is C17H18Cl2FN. The highest BCUT2D eigenvalue weighted by molar-refractivity contribution is 6.32. The van der Waals surface area contributed by atoms with E-state index >= 15 is 0 Å². The predicted octanol–water partition coefficient (Wildman–Crippen LogP) is 5.86. The lowest BCUT2D eigenvalue weighted by molar-refractivity contribution is 0.571. The molecule has 1 unspecified atom stereocenters. The van der Waals surface area contributed by atoms with Crippen molar-refractivity contribution in [3.05, 3.63) is 57.8 Å². The van der Waals surface area contributed by atoms with E-state index in [9.17, 15) is 4.39 Å². The molecule has 0 spiro atoms. The summed E-state index contributed by atoms with van der Waals surface area (Å²) in [6, 6.07) is 10.4. The Hall–Kier alpha value is -1.09. The van der Waals surface area contributed by atoms with Gasteiger partial charge in [0.2, 0.25) is 0 Å². The van der Waals surface area contributed by atoms with Gasteiger partial charge in [-0.25, -0.2) is 4.39 Å². The summed E-state index contributed by atoms with van der Waals surface area (Å²) in [5.41, 5.74) is 2.27. The Bertz CT molecular complexity index is 628. The second kappa shape index (κ2) is 7.26. The van der Waals surface area contributed by atoms with E-state index in [1.165, 1.54) is 6.07 Å². The molecule has 0 amide bonds. The SMILES string of the molecule is CCCNC(C)c1ccc(-c2ccc(Cl)cc2F)cc1Cl. The van der Waals surface area contributed by atoms with Crippen molar-refractivity contribution in [2.24, 2.45) is 0 Å². The minimum Gasteiger partial charge on any atom is -0.310 e. The van der Waals surface area contributed by atoms with Crippen LogP contribution in [0.15, 0.2) is 36.4 Å². The molecule has 0 aromatic heterocycles. The number of hydrogen-bond acceptors (Lipinski definition) is 1. The highest BCUT2D eigenvalue weighted by Crippen LogP contribution is 2.31. The molecule has 2 rings (SSSR count). The molecule has 0 aliphatic heterocycles. The first-order valence-corrected chi connectivity index (χ1v) is 7.76. The van der Waals surface area contributed by atoms with Crippen LogP contribution < -0.4 is 5.32 Å². The third kappa shape index (κ3) is 3.97. The van der Waals surface area contributed by atoms with Crippen molar-refractivity contribution in [1.29, 1.82) is 0 Å². The number of rotatable bonds is 5. The van der Waals surface area contributed by atoms with E-state index in [2.05, 4.69) is 19.2 Å². The van der Waals surface area contributed by atoms with Crippen molar-refractivity contribution < 1.29 is 4.39 Å². The van der Waals surface area contributed by atoms with Crippen LogP contribution in [0.2, 0.25) is 10.0 Å². The molecular weight excluding hydrogens is 308 g/mol. The summed E-state index contributed by atoms with van der Waals surface area (Å²) in [6.07, 6.45) is 1.07. The van der Waals surface area contributed by atoms with Crippen LogP contribution in [0, 0.1) is 5.82 Å². The number of nitrogens with one attached hydrogen (secondary N) is 1. The van der Waals surface area contributed by atoms with Crippen LogP contribution in [0.1, 0.15) is 31.9 Å². The number of halogens is 3. The fraction of sp³-hybridized carbons (Fsp3) is 0.294. The van der Waals surface area contributed by atoms with Crippen molar-refractivity contribution in [2.45, 2.75) is 26.3 Å². The van der Waals surface area contributed by atoms with Crippen LogP contribution in [0.25, 0.3) is 11.1 Å². The molecule has 0 saturated heterocycles. The molecule has 1 nitrogen and oxygen atoms in total. The van der Waals surface area contributed by atoms with Gasteiger partial charge >= 0.3 is 0 Å². The van der Waals surface area contributed by atoms with Gasteiger partial charge in [0.25, 0.3) is 0 Å². The van der Waals surface area contributed by atoms with Crippen LogP contribution in [-0.2, 0) is 0 Å². The van der Waals surface area contributed by atoms with E-state index in [4.69, 9.17) is 23.2 Å². The van der Waals surface area contributed by atoms with Crippen LogP contribution in [-0.4, -0.2) is 6.54 Å². The van der Waals surface area contributed by atoms with Gasteiger partial charge in [-0.1, -0.05) is 42.3 Å². The highest BCUT2D eigenvalue weighted by atomic mass is 35.5. The second-order valence-electron chi connectivity index (χ2n) is 5.04. The van der Waals surface area contributed by atoms with Gasteiger partial charge in [0.05, 0.1) is 0 Å². The Morgan fingerprint density at radius 2 is 1.90 bits per heavy atom. The summed E-state index contributed by atoms with van der Waals surface area (Å²) < 4.78 is 14.0. The monoisotopic (exact) mass is 325 g/mol. The van der Waals surface area contributed by atoms with Crippen molar-refractivity contribution in [2.75, 3.05) is 6.54 Å². The van der Waals surface area contributed by atoms with Crippen molar-refractivity contribution in [3.8, 4) is 11.1 Å². The summed E-state index contributed by atoms with van der Waals surface area (Å²) in [4.78, 5) is 0. The normalized spacial score (nSPS) is 12.4. The topological polar surface area (TPSA) is 12.0 Å². The molecule has 0 saturated carbocycles. The van der Waals surface area contributed by atoms with Gasteiger partial charge < -0.3 is 5.32 Å². The van der Waals surface area contributed by atoms with Crippen molar-refractivity contribution in [1.82, 2.24) is 5.32 Å². The summed E-state index contributed by atoms with van der Waals surface area (Å²) in [5, 5.41) is 4.41. The molecule has 1 N–H and O–H groups in total. The molecule has 1 atom stereocenters. The van der Waals surface area contributed by atoms with E-state index < -0.39 is 0 Å². The fourth-order valence-corrected chi connectivity index (χ4v) is 2.74. The first-order valence-electron chi connectivity index (χ1n) is 7.01. The smallest absolute Gasteiger partial charge is 0.132 e. The molecule has 2 aromatic carbocycles. The maximum Gasteiger partial charge on any atom is 0.132 e. The van der Waals surface area contributed by atoms with Crippen LogP contribution in [0.3, 0.4) is 0 Å². The Morgan fingerprint density at radius 3 is 2.52 bits per heavy atom. The number of benzene rings is 2. The molecule has 0 radical (unpaired) electrons. The van der Waals surface area contributed by atoms with Crippen LogP contribution >= 0.6 is 23.2 Å². The van der Waals surface area contributed by atoms with Crippen LogP contribution in [0.5, 0.6) is 0 Å². The molecule has 0 fully saturated rings. The zero-order valence-electron chi connectivity index (χ0n) is 12.1. The van der Waals surface area contributed by atoms with E-state index in [0.717, 1.165) is 24.1 Å². The standard InChI is InChI=1S/C17H18Cl2FN/c1-3-8-21-11(2)14-6-4-12(9-16(14)19)15-7-5-13(18)10-17(15)20/h4-7,9-11,21H,3,8H2,1-2H3. The molecule has 0 bridgehead atoms. The summed E-state index contributed by atoms with van der Waals surface area (Å²) >= 11 is 12.1. The van der Waals surface area contributed by atoms with Gasteiger partial charge in [0, 0.05) is 21.7 Å². The average molecular weight is 326 g/mol. The van der Waals surface area contributed by atoms with E-state index in [1.807, 2.05) is 12.1 Å². The Morgan fingerprint density at radius 1 is 1.14 bits per heavy atom. The first kappa shape index (κ1) is 16.3. The molecule has 2 aromatic rings. The van der Waals surface area contributed by atoms with Crippen molar-refractivity contribution in [3.63, 3.8) is 0 Å².